The van der Waals surface area contributed by atoms with E-state index in [4.69, 9.17) is 4.74 Å². The van der Waals surface area contributed by atoms with E-state index in [0.29, 0.717) is 31.0 Å². The monoisotopic (exact) mass is 470 g/mol. The Morgan fingerprint density at radius 1 is 0.969 bits per heavy atom. The van der Waals surface area contributed by atoms with Crippen LogP contribution in [0.5, 0.6) is 0 Å². The van der Waals surface area contributed by atoms with E-state index in [-0.39, 0.29) is 22.7 Å². The first-order chi connectivity index (χ1) is 15.3. The Hall–Kier alpha value is -1.25. The van der Waals surface area contributed by atoms with Gasteiger partial charge in [-0.05, 0) is 64.2 Å². The van der Waals surface area contributed by atoms with Gasteiger partial charge in [-0.15, -0.1) is 0 Å². The van der Waals surface area contributed by atoms with Crippen molar-refractivity contribution in [1.29, 1.82) is 0 Å². The number of rotatable bonds is 7. The van der Waals surface area contributed by atoms with Crippen molar-refractivity contribution < 1.29 is 21.9 Å². The van der Waals surface area contributed by atoms with Crippen LogP contribution < -0.4 is 4.90 Å². The smallest absolute Gasteiger partial charge is 0.265 e. The Balaban J connectivity index is 1.48. The van der Waals surface area contributed by atoms with Gasteiger partial charge in [-0.2, -0.15) is 0 Å². The van der Waals surface area contributed by atoms with E-state index in [0.717, 1.165) is 51.9 Å². The SMILES string of the molecule is CC(C)N1CCN(c2ccc(S(=O)(=O)C3CCC(OC4CCCC4)C3)c(C(F)F)c2)CC1. The van der Waals surface area contributed by atoms with Crippen LogP contribution in [0.4, 0.5) is 14.5 Å². The molecule has 2 aliphatic carbocycles. The molecular formula is C24H36F2N2O3S. The maximum absolute atomic E-state index is 14.0. The number of anilines is 1. The summed E-state index contributed by atoms with van der Waals surface area (Å²) in [6.07, 6.45) is 3.28. The van der Waals surface area contributed by atoms with Crippen LogP contribution in [0, 0.1) is 0 Å². The molecular weight excluding hydrogens is 434 g/mol. The van der Waals surface area contributed by atoms with Gasteiger partial charge < -0.3 is 9.64 Å². The topological polar surface area (TPSA) is 49.9 Å². The van der Waals surface area contributed by atoms with Crippen LogP contribution in [0.25, 0.3) is 0 Å². The van der Waals surface area contributed by atoms with Crippen molar-refractivity contribution in [1.82, 2.24) is 4.90 Å². The molecule has 0 bridgehead atoms. The molecule has 1 aromatic rings. The van der Waals surface area contributed by atoms with Gasteiger partial charge in [-0.3, -0.25) is 4.90 Å². The fraction of sp³-hybridized carbons (Fsp3) is 0.750. The maximum Gasteiger partial charge on any atom is 0.265 e. The van der Waals surface area contributed by atoms with Gasteiger partial charge in [0.2, 0.25) is 0 Å². The predicted molar refractivity (Wildman–Crippen MR) is 122 cm³/mol. The third-order valence-corrected chi connectivity index (χ3v) is 9.70. The molecule has 180 valence electrons. The highest BCUT2D eigenvalue weighted by Gasteiger charge is 2.39. The molecule has 2 atom stereocenters. The van der Waals surface area contributed by atoms with Gasteiger partial charge in [0, 0.05) is 43.5 Å². The standard InChI is InChI=1S/C24H36F2N2O3S/c1-17(2)27-11-13-28(14-12-27)18-7-10-23(22(15-18)24(25)26)32(29,30)21-9-8-20(16-21)31-19-5-3-4-6-19/h7,10,15,17,19-21,24H,3-6,8-9,11-14,16H2,1-2H3. The number of nitrogens with zero attached hydrogens (tertiary/aromatic N) is 2. The first-order valence-corrected chi connectivity index (χ1v) is 13.6. The molecule has 1 aromatic carbocycles. The highest BCUT2D eigenvalue weighted by atomic mass is 32.2. The van der Waals surface area contributed by atoms with Gasteiger partial charge in [-0.1, -0.05) is 12.8 Å². The minimum atomic E-state index is -3.84. The number of halogens is 2. The summed E-state index contributed by atoms with van der Waals surface area (Å²) >= 11 is 0. The van der Waals surface area contributed by atoms with Crippen LogP contribution in [0.2, 0.25) is 0 Å². The lowest BCUT2D eigenvalue weighted by atomic mass is 10.1. The van der Waals surface area contributed by atoms with Gasteiger partial charge >= 0.3 is 0 Å². The van der Waals surface area contributed by atoms with Crippen molar-refractivity contribution >= 4 is 15.5 Å². The van der Waals surface area contributed by atoms with Crippen LogP contribution in [0.1, 0.15) is 70.8 Å². The number of benzene rings is 1. The van der Waals surface area contributed by atoms with Gasteiger partial charge in [0.15, 0.2) is 9.84 Å². The summed E-state index contributed by atoms with van der Waals surface area (Å²) < 4.78 is 60.8. The molecule has 0 radical (unpaired) electrons. The van der Waals surface area contributed by atoms with E-state index >= 15 is 0 Å². The second kappa shape index (κ2) is 9.94. The molecule has 2 unspecified atom stereocenters. The molecule has 0 amide bonds. The van der Waals surface area contributed by atoms with Gasteiger partial charge in [0.1, 0.15) is 0 Å². The van der Waals surface area contributed by atoms with Crippen molar-refractivity contribution in [3.63, 3.8) is 0 Å². The molecule has 5 nitrogen and oxygen atoms in total. The minimum Gasteiger partial charge on any atom is -0.375 e. The lowest BCUT2D eigenvalue weighted by Crippen LogP contribution is -2.48. The zero-order valence-electron chi connectivity index (χ0n) is 19.2. The van der Waals surface area contributed by atoms with E-state index in [9.17, 15) is 17.2 Å². The molecule has 3 fully saturated rings. The fourth-order valence-electron chi connectivity index (χ4n) is 5.44. The zero-order valence-corrected chi connectivity index (χ0v) is 20.0. The molecule has 3 aliphatic rings. The number of hydrogen-bond donors (Lipinski definition) is 0. The molecule has 32 heavy (non-hydrogen) atoms. The molecule has 1 saturated heterocycles. The normalized spacial score (nSPS) is 26.0. The average Bonchev–Trinajstić information content (AvgIpc) is 3.46. The molecule has 0 aromatic heterocycles. The summed E-state index contributed by atoms with van der Waals surface area (Å²) in [5, 5.41) is -0.646. The van der Waals surface area contributed by atoms with E-state index in [1.54, 1.807) is 6.07 Å². The van der Waals surface area contributed by atoms with Crippen molar-refractivity contribution in [2.75, 3.05) is 31.1 Å². The van der Waals surface area contributed by atoms with Gasteiger partial charge in [0.25, 0.3) is 6.43 Å². The average molecular weight is 471 g/mol. The summed E-state index contributed by atoms with van der Waals surface area (Å²) in [6.45, 7) is 7.52. The van der Waals surface area contributed by atoms with E-state index in [1.165, 1.54) is 12.1 Å². The summed E-state index contributed by atoms with van der Waals surface area (Å²) in [4.78, 5) is 4.22. The predicted octanol–water partition coefficient (Wildman–Crippen LogP) is 4.81. The Morgan fingerprint density at radius 3 is 2.28 bits per heavy atom. The zero-order chi connectivity index (χ0) is 22.9. The molecule has 0 spiro atoms. The van der Waals surface area contributed by atoms with Crippen molar-refractivity contribution in [3.8, 4) is 0 Å². The largest absolute Gasteiger partial charge is 0.375 e. The van der Waals surface area contributed by atoms with Crippen LogP contribution in [0.15, 0.2) is 23.1 Å². The third kappa shape index (κ3) is 5.12. The first-order valence-electron chi connectivity index (χ1n) is 12.1. The molecule has 4 rings (SSSR count). The number of piperazine rings is 1. The number of alkyl halides is 2. The number of sulfone groups is 1. The van der Waals surface area contributed by atoms with Crippen LogP contribution in [-0.2, 0) is 14.6 Å². The molecule has 0 N–H and O–H groups in total. The Morgan fingerprint density at radius 2 is 1.66 bits per heavy atom. The van der Waals surface area contributed by atoms with Crippen molar-refractivity contribution in [2.45, 2.75) is 93.6 Å². The Labute approximate surface area is 191 Å². The van der Waals surface area contributed by atoms with Crippen molar-refractivity contribution in [3.05, 3.63) is 23.8 Å². The fourth-order valence-corrected chi connectivity index (χ4v) is 7.45. The second-order valence-corrected chi connectivity index (χ2v) is 12.0. The van der Waals surface area contributed by atoms with Crippen LogP contribution in [-0.4, -0.2) is 63.0 Å². The molecule has 8 heteroatoms. The number of hydrogen-bond acceptors (Lipinski definition) is 5. The minimum absolute atomic E-state index is 0.0793. The quantitative estimate of drug-likeness (QED) is 0.573. The van der Waals surface area contributed by atoms with Crippen LogP contribution >= 0.6 is 0 Å². The summed E-state index contributed by atoms with van der Waals surface area (Å²) in [6, 6.07) is 4.95. The highest BCUT2D eigenvalue weighted by Crippen LogP contribution is 2.38. The van der Waals surface area contributed by atoms with E-state index in [2.05, 4.69) is 23.6 Å². The lowest BCUT2D eigenvalue weighted by molar-refractivity contribution is -0.00341. The second-order valence-electron chi connectivity index (χ2n) is 9.78. The van der Waals surface area contributed by atoms with Gasteiger partial charge in [-0.25, -0.2) is 17.2 Å². The Kier molecular flexibility index (Phi) is 7.42. The summed E-state index contributed by atoms with van der Waals surface area (Å²) in [5.74, 6) is 0. The third-order valence-electron chi connectivity index (χ3n) is 7.41. The summed E-state index contributed by atoms with van der Waals surface area (Å²) in [5.41, 5.74) is 0.311. The summed E-state index contributed by atoms with van der Waals surface area (Å²) in [7, 11) is -3.84. The highest BCUT2D eigenvalue weighted by molar-refractivity contribution is 7.92. The van der Waals surface area contributed by atoms with Crippen molar-refractivity contribution in [2.24, 2.45) is 0 Å². The Bertz CT molecular complexity index is 879. The van der Waals surface area contributed by atoms with E-state index in [1.807, 2.05) is 0 Å². The maximum atomic E-state index is 14.0. The van der Waals surface area contributed by atoms with Crippen LogP contribution in [0.3, 0.4) is 0 Å². The number of ether oxygens (including phenoxy) is 1. The lowest BCUT2D eigenvalue weighted by Gasteiger charge is -2.38. The van der Waals surface area contributed by atoms with Gasteiger partial charge in [0.05, 0.1) is 22.4 Å². The molecule has 1 aliphatic heterocycles. The molecule has 1 heterocycles. The first kappa shape index (κ1) is 23.9. The van der Waals surface area contributed by atoms with E-state index < -0.39 is 21.5 Å². The molecule has 2 saturated carbocycles.